The predicted octanol–water partition coefficient (Wildman–Crippen LogP) is 1.93. The van der Waals surface area contributed by atoms with Crippen molar-refractivity contribution in [1.82, 2.24) is 10.2 Å². The molecule has 6 heteroatoms. The van der Waals surface area contributed by atoms with E-state index in [1.54, 1.807) is 0 Å². The SMILES string of the molecule is C[C@@H](NC(=O)CN1C(=O)CS/C1=C\C(=O)C(C)(C)C)C1CC1. The van der Waals surface area contributed by atoms with E-state index < -0.39 is 5.41 Å². The molecule has 0 unspecified atom stereocenters. The number of hydrogen-bond donors (Lipinski definition) is 1. The lowest BCUT2D eigenvalue weighted by Crippen LogP contribution is -2.42. The molecule has 1 N–H and O–H groups in total. The van der Waals surface area contributed by atoms with Crippen LogP contribution in [0.3, 0.4) is 0 Å². The highest BCUT2D eigenvalue weighted by molar-refractivity contribution is 8.04. The summed E-state index contributed by atoms with van der Waals surface area (Å²) in [7, 11) is 0. The van der Waals surface area contributed by atoms with Crippen molar-refractivity contribution in [3.05, 3.63) is 11.1 Å². The topological polar surface area (TPSA) is 66.5 Å². The van der Waals surface area contributed by atoms with Gasteiger partial charge in [0, 0.05) is 17.5 Å². The zero-order chi connectivity index (χ0) is 16.5. The van der Waals surface area contributed by atoms with Crippen LogP contribution in [0.5, 0.6) is 0 Å². The number of nitrogens with one attached hydrogen (secondary N) is 1. The van der Waals surface area contributed by atoms with Crippen LogP contribution in [0.1, 0.15) is 40.5 Å². The van der Waals surface area contributed by atoms with Gasteiger partial charge in [0.25, 0.3) is 0 Å². The van der Waals surface area contributed by atoms with E-state index in [-0.39, 0.29) is 35.9 Å². The Hall–Kier alpha value is -1.30. The Kier molecular flexibility index (Phi) is 5.00. The van der Waals surface area contributed by atoms with Gasteiger partial charge in [-0.15, -0.1) is 0 Å². The Morgan fingerprint density at radius 1 is 1.41 bits per heavy atom. The molecule has 0 radical (unpaired) electrons. The van der Waals surface area contributed by atoms with Gasteiger partial charge in [-0.1, -0.05) is 32.5 Å². The van der Waals surface area contributed by atoms with Crippen molar-refractivity contribution >= 4 is 29.4 Å². The van der Waals surface area contributed by atoms with Crippen LogP contribution < -0.4 is 5.32 Å². The summed E-state index contributed by atoms with van der Waals surface area (Å²) in [5.74, 6) is 0.539. The van der Waals surface area contributed by atoms with Crippen LogP contribution in [0.15, 0.2) is 11.1 Å². The van der Waals surface area contributed by atoms with Crippen LogP contribution in [0.2, 0.25) is 0 Å². The Balaban J connectivity index is 2.00. The van der Waals surface area contributed by atoms with Crippen molar-refractivity contribution in [1.29, 1.82) is 0 Å². The zero-order valence-electron chi connectivity index (χ0n) is 13.6. The summed E-state index contributed by atoms with van der Waals surface area (Å²) >= 11 is 1.32. The quantitative estimate of drug-likeness (QED) is 0.785. The summed E-state index contributed by atoms with van der Waals surface area (Å²) in [4.78, 5) is 37.6. The average Bonchev–Trinajstić information content (AvgIpc) is 3.19. The van der Waals surface area contributed by atoms with Crippen molar-refractivity contribution in [3.63, 3.8) is 0 Å². The first kappa shape index (κ1) is 17.1. The number of ketones is 1. The second kappa shape index (κ2) is 6.44. The van der Waals surface area contributed by atoms with Gasteiger partial charge in [0.1, 0.15) is 6.54 Å². The molecule has 1 aliphatic carbocycles. The summed E-state index contributed by atoms with van der Waals surface area (Å²) < 4.78 is 0. The molecule has 2 rings (SSSR count). The van der Waals surface area contributed by atoms with Gasteiger partial charge in [0.15, 0.2) is 5.78 Å². The number of hydrogen-bond acceptors (Lipinski definition) is 4. The van der Waals surface area contributed by atoms with Crippen LogP contribution in [0.4, 0.5) is 0 Å². The zero-order valence-corrected chi connectivity index (χ0v) is 14.5. The lowest BCUT2D eigenvalue weighted by molar-refractivity contribution is -0.131. The van der Waals surface area contributed by atoms with E-state index in [4.69, 9.17) is 0 Å². The van der Waals surface area contributed by atoms with Crippen molar-refractivity contribution in [3.8, 4) is 0 Å². The van der Waals surface area contributed by atoms with E-state index >= 15 is 0 Å². The fourth-order valence-corrected chi connectivity index (χ4v) is 3.13. The van der Waals surface area contributed by atoms with Gasteiger partial charge in [0.2, 0.25) is 11.8 Å². The number of amides is 2. The summed E-state index contributed by atoms with van der Waals surface area (Å²) in [6, 6.07) is 0.154. The molecule has 0 spiro atoms. The maximum Gasteiger partial charge on any atom is 0.240 e. The normalized spacial score (nSPS) is 22.1. The molecule has 2 amide bonds. The third-order valence-electron chi connectivity index (χ3n) is 3.92. The molecule has 1 atom stereocenters. The largest absolute Gasteiger partial charge is 0.352 e. The fourth-order valence-electron chi connectivity index (χ4n) is 2.19. The van der Waals surface area contributed by atoms with Gasteiger partial charge in [-0.2, -0.15) is 0 Å². The number of nitrogens with zero attached hydrogens (tertiary/aromatic N) is 1. The van der Waals surface area contributed by atoms with Gasteiger partial charge in [-0.05, 0) is 25.7 Å². The first-order chi connectivity index (χ1) is 10.2. The molecule has 0 bridgehead atoms. The standard InChI is InChI=1S/C16H24N2O3S/c1-10(11-5-6-11)17-13(20)8-18-14(21)9-22-15(18)7-12(19)16(2,3)4/h7,10-11H,5-6,8-9H2,1-4H3,(H,17,20)/b15-7-/t10-/m1/s1. The molecule has 0 aromatic rings. The fraction of sp³-hybridized carbons (Fsp3) is 0.688. The highest BCUT2D eigenvalue weighted by atomic mass is 32.2. The molecular weight excluding hydrogens is 300 g/mol. The predicted molar refractivity (Wildman–Crippen MR) is 87.0 cm³/mol. The number of rotatable bonds is 5. The first-order valence-electron chi connectivity index (χ1n) is 7.67. The Labute approximate surface area is 135 Å². The van der Waals surface area contributed by atoms with Gasteiger partial charge in [-0.3, -0.25) is 19.3 Å². The Morgan fingerprint density at radius 2 is 2.05 bits per heavy atom. The molecule has 0 aromatic carbocycles. The van der Waals surface area contributed by atoms with Crippen LogP contribution >= 0.6 is 11.8 Å². The van der Waals surface area contributed by atoms with E-state index in [0.29, 0.717) is 10.9 Å². The smallest absolute Gasteiger partial charge is 0.240 e. The summed E-state index contributed by atoms with van der Waals surface area (Å²) in [6.07, 6.45) is 3.81. The van der Waals surface area contributed by atoms with Gasteiger partial charge in [-0.25, -0.2) is 0 Å². The van der Waals surface area contributed by atoms with E-state index in [1.807, 2.05) is 27.7 Å². The van der Waals surface area contributed by atoms with Gasteiger partial charge in [0.05, 0.1) is 10.8 Å². The molecule has 1 saturated carbocycles. The van der Waals surface area contributed by atoms with Gasteiger partial charge >= 0.3 is 0 Å². The maximum absolute atomic E-state index is 12.1. The van der Waals surface area contributed by atoms with Crippen molar-refractivity contribution in [2.75, 3.05) is 12.3 Å². The van der Waals surface area contributed by atoms with Crippen molar-refractivity contribution in [2.45, 2.75) is 46.6 Å². The molecule has 1 saturated heterocycles. The van der Waals surface area contributed by atoms with E-state index in [9.17, 15) is 14.4 Å². The molecule has 2 aliphatic rings. The summed E-state index contributed by atoms with van der Waals surface area (Å²) in [5.41, 5.74) is -0.492. The van der Waals surface area contributed by atoms with E-state index in [2.05, 4.69) is 5.32 Å². The summed E-state index contributed by atoms with van der Waals surface area (Å²) in [5, 5.41) is 3.52. The monoisotopic (exact) mass is 324 g/mol. The molecular formula is C16H24N2O3S. The molecule has 1 aliphatic heterocycles. The minimum atomic E-state index is -0.492. The molecule has 22 heavy (non-hydrogen) atoms. The number of allylic oxidation sites excluding steroid dienone is 1. The second-order valence-electron chi connectivity index (χ2n) is 7.06. The van der Waals surface area contributed by atoms with Crippen molar-refractivity contribution < 1.29 is 14.4 Å². The number of carbonyl (C=O) groups is 3. The highest BCUT2D eigenvalue weighted by Crippen LogP contribution is 2.33. The third kappa shape index (κ3) is 4.35. The van der Waals surface area contributed by atoms with Gasteiger partial charge < -0.3 is 5.32 Å². The van der Waals surface area contributed by atoms with Crippen molar-refractivity contribution in [2.24, 2.45) is 11.3 Å². The van der Waals surface area contributed by atoms with E-state index in [1.165, 1.54) is 22.7 Å². The Morgan fingerprint density at radius 3 is 2.59 bits per heavy atom. The highest BCUT2D eigenvalue weighted by Gasteiger charge is 2.33. The average molecular weight is 324 g/mol. The third-order valence-corrected chi connectivity index (χ3v) is 4.95. The number of carbonyl (C=O) groups excluding carboxylic acids is 3. The second-order valence-corrected chi connectivity index (χ2v) is 8.05. The van der Waals surface area contributed by atoms with E-state index in [0.717, 1.165) is 12.8 Å². The molecule has 2 fully saturated rings. The lowest BCUT2D eigenvalue weighted by atomic mass is 9.91. The molecule has 1 heterocycles. The van der Waals surface area contributed by atoms with Crippen LogP contribution in [0.25, 0.3) is 0 Å². The van der Waals surface area contributed by atoms with Crippen LogP contribution in [-0.2, 0) is 14.4 Å². The molecule has 5 nitrogen and oxygen atoms in total. The molecule has 122 valence electrons. The first-order valence-corrected chi connectivity index (χ1v) is 8.65. The summed E-state index contributed by atoms with van der Waals surface area (Å²) in [6.45, 7) is 7.49. The lowest BCUT2D eigenvalue weighted by Gasteiger charge is -2.20. The van der Waals surface area contributed by atoms with Crippen LogP contribution in [0, 0.1) is 11.3 Å². The molecule has 0 aromatic heterocycles. The minimum absolute atomic E-state index is 0.00779. The minimum Gasteiger partial charge on any atom is -0.352 e. The number of thioether (sulfide) groups is 1. The maximum atomic E-state index is 12.1. The van der Waals surface area contributed by atoms with Crippen LogP contribution in [-0.4, -0.2) is 40.8 Å². The Bertz CT molecular complexity index is 518.